The Kier molecular flexibility index (Phi) is 5.50. The van der Waals surface area contributed by atoms with Crippen molar-refractivity contribution in [1.82, 2.24) is 10.2 Å². The topological polar surface area (TPSA) is 32.3 Å². The van der Waals surface area contributed by atoms with Crippen molar-refractivity contribution in [2.45, 2.75) is 6.04 Å². The molecule has 1 amide bonds. The van der Waals surface area contributed by atoms with Gasteiger partial charge >= 0.3 is 0 Å². The Hall–Kier alpha value is -1.24. The third-order valence-electron chi connectivity index (χ3n) is 3.15. The summed E-state index contributed by atoms with van der Waals surface area (Å²) in [6.45, 7) is 0.429. The van der Waals surface area contributed by atoms with E-state index >= 15 is 0 Å². The Labute approximate surface area is 135 Å². The molecule has 3 nitrogen and oxygen atoms in total. The molecule has 1 aromatic carbocycles. The molecule has 1 heterocycles. The number of benzene rings is 1. The molecule has 0 saturated heterocycles. The van der Waals surface area contributed by atoms with Gasteiger partial charge in [-0.2, -0.15) is 0 Å². The standard InChI is InChI=1S/C15H16BrFN2OS/c1-19(2)12(13-7-4-8-21-13)9-18-15(20)10-5-3-6-11(16)14(10)17/h3-8,12H,9H2,1-2H3,(H,18,20). The summed E-state index contributed by atoms with van der Waals surface area (Å²) >= 11 is 4.73. The van der Waals surface area contributed by atoms with Crippen molar-refractivity contribution in [2.24, 2.45) is 0 Å². The molecular weight excluding hydrogens is 355 g/mol. The number of likely N-dealkylation sites (N-methyl/N-ethyl adjacent to an activating group) is 1. The lowest BCUT2D eigenvalue weighted by Crippen LogP contribution is -2.34. The number of hydrogen-bond acceptors (Lipinski definition) is 3. The molecule has 21 heavy (non-hydrogen) atoms. The van der Waals surface area contributed by atoms with E-state index in [9.17, 15) is 9.18 Å². The molecule has 0 saturated carbocycles. The van der Waals surface area contributed by atoms with E-state index in [-0.39, 0.29) is 16.1 Å². The minimum atomic E-state index is -0.535. The van der Waals surface area contributed by atoms with Gasteiger partial charge in [0.05, 0.1) is 16.1 Å². The minimum absolute atomic E-state index is 0.0491. The highest BCUT2D eigenvalue weighted by Crippen LogP contribution is 2.23. The summed E-state index contributed by atoms with van der Waals surface area (Å²) < 4.78 is 14.2. The second-order valence-corrected chi connectivity index (χ2v) is 6.64. The fraction of sp³-hybridized carbons (Fsp3) is 0.267. The lowest BCUT2D eigenvalue weighted by atomic mass is 10.1. The van der Waals surface area contributed by atoms with Crippen LogP contribution in [0, 0.1) is 5.82 Å². The summed E-state index contributed by atoms with van der Waals surface area (Å²) in [5.74, 6) is -0.940. The van der Waals surface area contributed by atoms with Crippen LogP contribution in [-0.4, -0.2) is 31.4 Å². The average molecular weight is 371 g/mol. The molecule has 0 aliphatic carbocycles. The number of amides is 1. The largest absolute Gasteiger partial charge is 0.350 e. The molecule has 1 atom stereocenters. The van der Waals surface area contributed by atoms with Crippen LogP contribution in [0.15, 0.2) is 40.2 Å². The second kappa shape index (κ2) is 7.15. The first-order valence-electron chi connectivity index (χ1n) is 6.42. The number of halogens is 2. The van der Waals surface area contributed by atoms with Gasteiger partial charge in [0.2, 0.25) is 0 Å². The molecule has 2 aromatic rings. The molecule has 0 fully saturated rings. The average Bonchev–Trinajstić information content (AvgIpc) is 2.95. The van der Waals surface area contributed by atoms with Gasteiger partial charge < -0.3 is 10.2 Å². The number of hydrogen-bond donors (Lipinski definition) is 1. The van der Waals surface area contributed by atoms with Crippen molar-refractivity contribution < 1.29 is 9.18 Å². The van der Waals surface area contributed by atoms with Crippen molar-refractivity contribution in [3.63, 3.8) is 0 Å². The molecule has 1 N–H and O–H groups in total. The van der Waals surface area contributed by atoms with Gasteiger partial charge in [0.1, 0.15) is 5.82 Å². The van der Waals surface area contributed by atoms with Gasteiger partial charge in [-0.05, 0) is 53.6 Å². The highest BCUT2D eigenvalue weighted by molar-refractivity contribution is 9.10. The summed E-state index contributed by atoms with van der Waals surface area (Å²) in [6.07, 6.45) is 0. The number of rotatable bonds is 5. The van der Waals surface area contributed by atoms with Crippen LogP contribution < -0.4 is 5.32 Å². The van der Waals surface area contributed by atoms with Gasteiger partial charge in [-0.3, -0.25) is 4.79 Å². The first kappa shape index (κ1) is 16.1. The maximum atomic E-state index is 13.9. The molecular formula is C15H16BrFN2OS. The quantitative estimate of drug-likeness (QED) is 0.870. The van der Waals surface area contributed by atoms with E-state index in [1.807, 2.05) is 36.5 Å². The maximum Gasteiger partial charge on any atom is 0.254 e. The van der Waals surface area contributed by atoms with E-state index in [0.717, 1.165) is 4.88 Å². The number of carbonyl (C=O) groups excluding carboxylic acids is 1. The van der Waals surface area contributed by atoms with Crippen molar-refractivity contribution in [3.8, 4) is 0 Å². The zero-order chi connectivity index (χ0) is 15.4. The Bertz CT molecular complexity index is 616. The first-order chi connectivity index (χ1) is 10.0. The molecule has 0 spiro atoms. The predicted molar refractivity (Wildman–Crippen MR) is 87.2 cm³/mol. The van der Waals surface area contributed by atoms with Gasteiger partial charge in [0, 0.05) is 11.4 Å². The molecule has 1 aromatic heterocycles. The minimum Gasteiger partial charge on any atom is -0.350 e. The molecule has 0 bridgehead atoms. The fourth-order valence-corrected chi connectivity index (χ4v) is 3.27. The van der Waals surface area contributed by atoms with E-state index in [1.165, 1.54) is 6.07 Å². The molecule has 112 valence electrons. The predicted octanol–water partition coefficient (Wildman–Crippen LogP) is 3.68. The second-order valence-electron chi connectivity index (χ2n) is 4.81. The van der Waals surface area contributed by atoms with Gasteiger partial charge in [-0.25, -0.2) is 4.39 Å². The van der Waals surface area contributed by atoms with Crippen LogP contribution in [0.2, 0.25) is 0 Å². The lowest BCUT2D eigenvalue weighted by molar-refractivity contribution is 0.0938. The smallest absolute Gasteiger partial charge is 0.254 e. The number of nitrogens with zero attached hydrogens (tertiary/aromatic N) is 1. The van der Waals surface area contributed by atoms with Crippen LogP contribution >= 0.6 is 27.3 Å². The van der Waals surface area contributed by atoms with E-state index < -0.39 is 11.7 Å². The van der Waals surface area contributed by atoms with Crippen LogP contribution in [0.4, 0.5) is 4.39 Å². The Balaban J connectivity index is 2.07. The maximum absolute atomic E-state index is 13.9. The van der Waals surface area contributed by atoms with Crippen molar-refractivity contribution >= 4 is 33.2 Å². The van der Waals surface area contributed by atoms with E-state index in [4.69, 9.17) is 0 Å². The van der Waals surface area contributed by atoms with Crippen LogP contribution in [-0.2, 0) is 0 Å². The third kappa shape index (κ3) is 3.90. The number of thiophene rings is 1. The van der Waals surface area contributed by atoms with E-state index in [0.29, 0.717) is 6.54 Å². The van der Waals surface area contributed by atoms with E-state index in [2.05, 4.69) is 21.2 Å². The number of nitrogens with one attached hydrogen (secondary N) is 1. The molecule has 2 rings (SSSR count). The van der Waals surface area contributed by atoms with E-state index in [1.54, 1.807) is 23.5 Å². The molecule has 6 heteroatoms. The molecule has 0 aliphatic rings. The van der Waals surface area contributed by atoms with Crippen molar-refractivity contribution in [2.75, 3.05) is 20.6 Å². The van der Waals surface area contributed by atoms with Crippen molar-refractivity contribution in [3.05, 3.63) is 56.4 Å². The van der Waals surface area contributed by atoms with Gasteiger partial charge in [0.25, 0.3) is 5.91 Å². The van der Waals surface area contributed by atoms with Crippen LogP contribution in [0.3, 0.4) is 0 Å². The normalized spacial score (nSPS) is 12.4. The fourth-order valence-electron chi connectivity index (χ4n) is 1.98. The summed E-state index contributed by atoms with van der Waals surface area (Å²) in [5, 5.41) is 4.80. The SMILES string of the molecule is CN(C)C(CNC(=O)c1cccc(Br)c1F)c1cccs1. The monoisotopic (exact) mass is 370 g/mol. The number of carbonyl (C=O) groups is 1. The first-order valence-corrected chi connectivity index (χ1v) is 8.10. The zero-order valence-corrected chi connectivity index (χ0v) is 14.2. The van der Waals surface area contributed by atoms with Gasteiger partial charge in [-0.1, -0.05) is 12.1 Å². The highest BCUT2D eigenvalue weighted by Gasteiger charge is 2.18. The molecule has 1 unspecified atom stereocenters. The summed E-state index contributed by atoms with van der Waals surface area (Å²) in [7, 11) is 3.91. The Morgan fingerprint density at radius 1 is 1.38 bits per heavy atom. The third-order valence-corrected chi connectivity index (χ3v) is 4.73. The zero-order valence-electron chi connectivity index (χ0n) is 11.8. The van der Waals surface area contributed by atoms with Crippen molar-refractivity contribution in [1.29, 1.82) is 0 Å². The molecule has 0 radical (unpaired) electrons. The van der Waals surface area contributed by atoms with Crippen LogP contribution in [0.25, 0.3) is 0 Å². The lowest BCUT2D eigenvalue weighted by Gasteiger charge is -2.23. The summed E-state index contributed by atoms with van der Waals surface area (Å²) in [4.78, 5) is 15.3. The van der Waals surface area contributed by atoms with Crippen LogP contribution in [0.5, 0.6) is 0 Å². The Morgan fingerprint density at radius 3 is 2.76 bits per heavy atom. The highest BCUT2D eigenvalue weighted by atomic mass is 79.9. The van der Waals surface area contributed by atoms with Crippen LogP contribution in [0.1, 0.15) is 21.3 Å². The summed E-state index contributed by atoms with van der Waals surface area (Å²) in [5.41, 5.74) is 0.0491. The Morgan fingerprint density at radius 2 is 2.14 bits per heavy atom. The molecule has 0 aliphatic heterocycles. The van der Waals surface area contributed by atoms with Gasteiger partial charge in [-0.15, -0.1) is 11.3 Å². The summed E-state index contributed by atoms with van der Waals surface area (Å²) in [6, 6.07) is 8.77. The van der Waals surface area contributed by atoms with Gasteiger partial charge in [0.15, 0.2) is 0 Å².